The average Bonchev–Trinajstić information content (AvgIpc) is 3.01. The van der Waals surface area contributed by atoms with Crippen molar-refractivity contribution in [2.45, 2.75) is 6.92 Å². The molecule has 1 N–H and O–H groups in total. The molecule has 3 rings (SSSR count). The lowest BCUT2D eigenvalue weighted by Gasteiger charge is -2.02. The van der Waals surface area contributed by atoms with E-state index in [2.05, 4.69) is 10.3 Å². The van der Waals surface area contributed by atoms with Gasteiger partial charge in [0.25, 0.3) is 5.91 Å². The average molecular weight is 336 g/mol. The molecule has 2 aromatic heterocycles. The highest BCUT2D eigenvalue weighted by atomic mass is 35.5. The molecule has 7 heteroatoms. The van der Waals surface area contributed by atoms with Crippen molar-refractivity contribution >= 4 is 44.2 Å². The van der Waals surface area contributed by atoms with E-state index in [0.717, 1.165) is 16.0 Å². The predicted molar refractivity (Wildman–Crippen MR) is 89.2 cm³/mol. The fourth-order valence-corrected chi connectivity index (χ4v) is 3.27. The van der Waals surface area contributed by atoms with Gasteiger partial charge in [-0.15, -0.1) is 0 Å². The van der Waals surface area contributed by atoms with Crippen molar-refractivity contribution in [1.29, 1.82) is 0 Å². The van der Waals surface area contributed by atoms with Gasteiger partial charge in [-0.2, -0.15) is 0 Å². The molecule has 1 aromatic carbocycles. The number of hydrogen-bond acceptors (Lipinski definition) is 4. The Hall–Kier alpha value is -2.05. The molecule has 0 bridgehead atoms. The zero-order chi connectivity index (χ0) is 15.7. The largest absolute Gasteiger partial charge is 0.494 e. The molecule has 0 aliphatic carbocycles. The topological polar surface area (TPSA) is 56.1 Å². The number of rotatable bonds is 4. The van der Waals surface area contributed by atoms with Gasteiger partial charge in [0.1, 0.15) is 11.4 Å². The molecule has 0 unspecified atom stereocenters. The van der Waals surface area contributed by atoms with Crippen LogP contribution in [0.4, 0.5) is 5.13 Å². The van der Waals surface area contributed by atoms with Gasteiger partial charge in [0, 0.05) is 13.2 Å². The summed E-state index contributed by atoms with van der Waals surface area (Å²) in [5.41, 5.74) is 1.31. The summed E-state index contributed by atoms with van der Waals surface area (Å²) in [7, 11) is 1.77. The molecule has 0 aliphatic heterocycles. The predicted octanol–water partition coefficient (Wildman–Crippen LogP) is 3.94. The van der Waals surface area contributed by atoms with Crippen molar-refractivity contribution in [2.75, 3.05) is 11.9 Å². The summed E-state index contributed by atoms with van der Waals surface area (Å²) < 4.78 is 8.11. The van der Waals surface area contributed by atoms with Crippen molar-refractivity contribution in [2.24, 2.45) is 7.05 Å². The van der Waals surface area contributed by atoms with Crippen LogP contribution in [0.1, 0.15) is 17.4 Å². The molecule has 3 aromatic rings. The Balaban J connectivity index is 1.84. The van der Waals surface area contributed by atoms with Crippen molar-refractivity contribution < 1.29 is 9.53 Å². The second-order valence-electron chi connectivity index (χ2n) is 4.69. The van der Waals surface area contributed by atoms with E-state index >= 15 is 0 Å². The van der Waals surface area contributed by atoms with Crippen LogP contribution in [0.2, 0.25) is 5.02 Å². The summed E-state index contributed by atoms with van der Waals surface area (Å²) in [5, 5.41) is 3.87. The summed E-state index contributed by atoms with van der Waals surface area (Å²) in [4.78, 5) is 16.7. The highest BCUT2D eigenvalue weighted by molar-refractivity contribution is 7.22. The molecule has 0 radical (unpaired) electrons. The zero-order valence-electron chi connectivity index (χ0n) is 12.1. The van der Waals surface area contributed by atoms with Crippen molar-refractivity contribution in [3.63, 3.8) is 0 Å². The van der Waals surface area contributed by atoms with Gasteiger partial charge in [0.2, 0.25) is 0 Å². The third-order valence-corrected chi connectivity index (χ3v) is 4.24. The number of carbonyl (C=O) groups is 1. The minimum absolute atomic E-state index is 0.238. The van der Waals surface area contributed by atoms with Crippen LogP contribution in [0.5, 0.6) is 5.75 Å². The highest BCUT2D eigenvalue weighted by Gasteiger charge is 2.14. The SMILES string of the molecule is CCOc1ccc2nc(NC(=O)c3cc(Cl)cn3C)sc2c1. The van der Waals surface area contributed by atoms with Gasteiger partial charge < -0.3 is 9.30 Å². The number of carbonyl (C=O) groups excluding carboxylic acids is 1. The van der Waals surface area contributed by atoms with E-state index in [0.29, 0.717) is 22.5 Å². The van der Waals surface area contributed by atoms with E-state index in [9.17, 15) is 4.79 Å². The second kappa shape index (κ2) is 5.98. The monoisotopic (exact) mass is 335 g/mol. The molecule has 0 saturated heterocycles. The Labute approximate surface area is 136 Å². The minimum atomic E-state index is -0.238. The first kappa shape index (κ1) is 14.9. The number of hydrogen-bond donors (Lipinski definition) is 1. The maximum Gasteiger partial charge on any atom is 0.274 e. The summed E-state index contributed by atoms with van der Waals surface area (Å²) in [6, 6.07) is 7.29. The van der Waals surface area contributed by atoms with E-state index in [-0.39, 0.29) is 5.91 Å². The lowest BCUT2D eigenvalue weighted by atomic mass is 10.3. The molecular formula is C15H14ClN3O2S. The first-order valence-corrected chi connectivity index (χ1v) is 7.93. The van der Waals surface area contributed by atoms with Crippen molar-refractivity contribution in [3.05, 3.63) is 41.2 Å². The smallest absolute Gasteiger partial charge is 0.274 e. The summed E-state index contributed by atoms with van der Waals surface area (Å²) in [6.45, 7) is 2.55. The zero-order valence-corrected chi connectivity index (χ0v) is 13.7. The van der Waals surface area contributed by atoms with Gasteiger partial charge in [0.05, 0.1) is 21.8 Å². The summed E-state index contributed by atoms with van der Waals surface area (Å²) in [6.07, 6.45) is 1.68. The fourth-order valence-electron chi connectivity index (χ4n) is 2.13. The molecule has 0 fully saturated rings. The van der Waals surface area contributed by atoms with Gasteiger partial charge in [0.15, 0.2) is 5.13 Å². The van der Waals surface area contributed by atoms with Crippen LogP contribution >= 0.6 is 22.9 Å². The Morgan fingerprint density at radius 2 is 2.27 bits per heavy atom. The van der Waals surface area contributed by atoms with Gasteiger partial charge in [-0.1, -0.05) is 22.9 Å². The lowest BCUT2D eigenvalue weighted by molar-refractivity contribution is 0.101. The number of anilines is 1. The van der Waals surface area contributed by atoms with Gasteiger partial charge >= 0.3 is 0 Å². The summed E-state index contributed by atoms with van der Waals surface area (Å²) in [5.74, 6) is 0.559. The third-order valence-electron chi connectivity index (χ3n) is 3.10. The molecule has 22 heavy (non-hydrogen) atoms. The standard InChI is InChI=1S/C15H14ClN3O2S/c1-3-21-10-4-5-11-13(7-10)22-15(17-11)18-14(20)12-6-9(16)8-19(12)2/h4-8H,3H2,1-2H3,(H,17,18,20). The van der Waals surface area contributed by atoms with Gasteiger partial charge in [-0.05, 0) is 31.2 Å². The lowest BCUT2D eigenvalue weighted by Crippen LogP contribution is -2.15. The number of nitrogens with one attached hydrogen (secondary N) is 1. The Morgan fingerprint density at radius 1 is 1.45 bits per heavy atom. The normalized spacial score (nSPS) is 10.9. The van der Waals surface area contributed by atoms with Crippen molar-refractivity contribution in [1.82, 2.24) is 9.55 Å². The number of aryl methyl sites for hydroxylation is 1. The molecule has 5 nitrogen and oxygen atoms in total. The number of halogens is 1. The first-order valence-electron chi connectivity index (χ1n) is 6.73. The van der Waals surface area contributed by atoms with Gasteiger partial charge in [-0.25, -0.2) is 4.98 Å². The van der Waals surface area contributed by atoms with Crippen LogP contribution in [0.25, 0.3) is 10.2 Å². The van der Waals surface area contributed by atoms with E-state index in [1.165, 1.54) is 11.3 Å². The molecular weight excluding hydrogens is 322 g/mol. The number of benzene rings is 1. The number of ether oxygens (including phenoxy) is 1. The fraction of sp³-hybridized carbons (Fsp3) is 0.200. The Morgan fingerprint density at radius 3 is 2.95 bits per heavy atom. The minimum Gasteiger partial charge on any atom is -0.494 e. The van der Waals surface area contributed by atoms with Crippen LogP contribution in [-0.2, 0) is 7.05 Å². The van der Waals surface area contributed by atoms with Crippen LogP contribution in [-0.4, -0.2) is 22.1 Å². The molecule has 114 valence electrons. The number of amides is 1. The van der Waals surface area contributed by atoms with Crippen molar-refractivity contribution in [3.8, 4) is 5.75 Å². The maximum absolute atomic E-state index is 12.2. The van der Waals surface area contributed by atoms with E-state index in [4.69, 9.17) is 16.3 Å². The highest BCUT2D eigenvalue weighted by Crippen LogP contribution is 2.29. The first-order chi connectivity index (χ1) is 10.6. The number of fused-ring (bicyclic) bond motifs is 1. The number of nitrogens with zero attached hydrogens (tertiary/aromatic N) is 2. The Bertz CT molecular complexity index is 841. The number of aromatic nitrogens is 2. The molecule has 0 atom stereocenters. The molecule has 2 heterocycles. The quantitative estimate of drug-likeness (QED) is 0.785. The number of thiazole rings is 1. The van der Waals surface area contributed by atoms with Gasteiger partial charge in [-0.3, -0.25) is 10.1 Å². The molecule has 0 spiro atoms. The third kappa shape index (κ3) is 2.93. The summed E-state index contributed by atoms with van der Waals surface area (Å²) >= 11 is 7.30. The molecule has 1 amide bonds. The second-order valence-corrected chi connectivity index (χ2v) is 6.16. The van der Waals surface area contributed by atoms with Crippen LogP contribution in [0.3, 0.4) is 0 Å². The molecule has 0 saturated carbocycles. The maximum atomic E-state index is 12.2. The van der Waals surface area contributed by atoms with Crippen LogP contribution in [0, 0.1) is 0 Å². The van der Waals surface area contributed by atoms with Crippen LogP contribution < -0.4 is 10.1 Å². The Kier molecular flexibility index (Phi) is 4.04. The van der Waals surface area contributed by atoms with Crippen LogP contribution in [0.15, 0.2) is 30.5 Å². The van der Waals surface area contributed by atoms with E-state index in [1.54, 1.807) is 23.9 Å². The van der Waals surface area contributed by atoms with E-state index < -0.39 is 0 Å². The molecule has 0 aliphatic rings. The van der Waals surface area contributed by atoms with E-state index in [1.807, 2.05) is 25.1 Å².